The number of anilines is 1. The molecule has 0 bridgehead atoms. The van der Waals surface area contributed by atoms with Gasteiger partial charge >= 0.3 is 6.18 Å². The summed E-state index contributed by atoms with van der Waals surface area (Å²) in [4.78, 5) is 15.1. The third-order valence-corrected chi connectivity index (χ3v) is 3.70. The SMILES string of the molecule is Cc1c(C(=O)Nc2cccc(C(F)(F)F)c2)[nH]c2cc(F)ccc12. The first-order chi connectivity index (χ1) is 11.3. The Morgan fingerprint density at radius 2 is 1.88 bits per heavy atom. The van der Waals surface area contributed by atoms with Gasteiger partial charge in [0, 0.05) is 16.6 Å². The maximum absolute atomic E-state index is 13.3. The lowest BCUT2D eigenvalue weighted by Gasteiger charge is -2.09. The minimum Gasteiger partial charge on any atom is -0.350 e. The second-order valence-electron chi connectivity index (χ2n) is 5.35. The van der Waals surface area contributed by atoms with Gasteiger partial charge in [-0.3, -0.25) is 4.79 Å². The maximum atomic E-state index is 13.3. The number of halogens is 4. The molecule has 3 aromatic rings. The van der Waals surface area contributed by atoms with E-state index in [1.54, 1.807) is 6.92 Å². The molecule has 0 saturated carbocycles. The van der Waals surface area contributed by atoms with E-state index in [4.69, 9.17) is 0 Å². The summed E-state index contributed by atoms with van der Waals surface area (Å²) in [5.41, 5.74) is 0.388. The number of alkyl halides is 3. The number of aromatic amines is 1. The first-order valence-electron chi connectivity index (χ1n) is 7.02. The summed E-state index contributed by atoms with van der Waals surface area (Å²) >= 11 is 0. The van der Waals surface area contributed by atoms with Crippen LogP contribution in [0.5, 0.6) is 0 Å². The van der Waals surface area contributed by atoms with Gasteiger partial charge in [-0.25, -0.2) is 4.39 Å². The molecule has 3 rings (SSSR count). The molecule has 1 amide bonds. The highest BCUT2D eigenvalue weighted by atomic mass is 19.4. The van der Waals surface area contributed by atoms with Crippen LogP contribution in [0.15, 0.2) is 42.5 Å². The van der Waals surface area contributed by atoms with Crippen LogP contribution in [0.2, 0.25) is 0 Å². The zero-order valence-corrected chi connectivity index (χ0v) is 12.5. The van der Waals surface area contributed by atoms with Crippen LogP contribution in [-0.2, 0) is 6.18 Å². The van der Waals surface area contributed by atoms with Crippen molar-refractivity contribution in [2.45, 2.75) is 13.1 Å². The van der Waals surface area contributed by atoms with Crippen LogP contribution in [0.4, 0.5) is 23.2 Å². The summed E-state index contributed by atoms with van der Waals surface area (Å²) in [5, 5.41) is 3.10. The molecule has 7 heteroatoms. The van der Waals surface area contributed by atoms with Crippen molar-refractivity contribution in [3.8, 4) is 0 Å². The molecule has 0 aliphatic rings. The second-order valence-corrected chi connectivity index (χ2v) is 5.35. The number of hydrogen-bond acceptors (Lipinski definition) is 1. The number of hydrogen-bond donors (Lipinski definition) is 2. The summed E-state index contributed by atoms with van der Waals surface area (Å²) in [6.45, 7) is 1.68. The fourth-order valence-corrected chi connectivity index (χ4v) is 2.50. The monoisotopic (exact) mass is 336 g/mol. The minimum atomic E-state index is -4.49. The van der Waals surface area contributed by atoms with Gasteiger partial charge in [0.1, 0.15) is 11.5 Å². The van der Waals surface area contributed by atoms with Gasteiger partial charge in [-0.05, 0) is 48.9 Å². The van der Waals surface area contributed by atoms with Crippen molar-refractivity contribution < 1.29 is 22.4 Å². The summed E-state index contributed by atoms with van der Waals surface area (Å²) in [5.74, 6) is -1.04. The van der Waals surface area contributed by atoms with Crippen LogP contribution in [-0.4, -0.2) is 10.9 Å². The summed E-state index contributed by atoms with van der Waals surface area (Å²) in [6.07, 6.45) is -4.49. The third-order valence-electron chi connectivity index (χ3n) is 3.70. The topological polar surface area (TPSA) is 44.9 Å². The predicted octanol–water partition coefficient (Wildman–Crippen LogP) is 4.89. The quantitative estimate of drug-likeness (QED) is 0.643. The van der Waals surface area contributed by atoms with Gasteiger partial charge in [-0.2, -0.15) is 13.2 Å². The Hall–Kier alpha value is -2.83. The van der Waals surface area contributed by atoms with Crippen LogP contribution in [0, 0.1) is 12.7 Å². The number of fused-ring (bicyclic) bond motifs is 1. The number of carbonyl (C=O) groups excluding carboxylic acids is 1. The van der Waals surface area contributed by atoms with E-state index in [-0.39, 0.29) is 11.4 Å². The first kappa shape index (κ1) is 16.0. The van der Waals surface area contributed by atoms with Crippen molar-refractivity contribution in [2.24, 2.45) is 0 Å². The molecule has 1 heterocycles. The molecule has 124 valence electrons. The van der Waals surface area contributed by atoms with E-state index in [0.717, 1.165) is 12.1 Å². The van der Waals surface area contributed by atoms with E-state index >= 15 is 0 Å². The molecule has 0 radical (unpaired) electrons. The molecule has 2 aromatic carbocycles. The molecular formula is C17H12F4N2O. The fraction of sp³-hybridized carbons (Fsp3) is 0.118. The molecular weight excluding hydrogens is 324 g/mol. The Balaban J connectivity index is 1.92. The number of benzene rings is 2. The van der Waals surface area contributed by atoms with Crippen LogP contribution in [0.1, 0.15) is 21.6 Å². The van der Waals surface area contributed by atoms with E-state index in [1.165, 1.54) is 30.3 Å². The van der Waals surface area contributed by atoms with Crippen molar-refractivity contribution in [1.29, 1.82) is 0 Å². The van der Waals surface area contributed by atoms with Crippen molar-refractivity contribution in [1.82, 2.24) is 4.98 Å². The number of aromatic nitrogens is 1. The summed E-state index contributed by atoms with van der Waals surface area (Å²) in [6, 6.07) is 8.43. The normalized spacial score (nSPS) is 11.7. The lowest BCUT2D eigenvalue weighted by Crippen LogP contribution is -2.14. The van der Waals surface area contributed by atoms with Gasteiger partial charge in [0.15, 0.2) is 0 Å². The Bertz CT molecular complexity index is 928. The number of aryl methyl sites for hydroxylation is 1. The zero-order valence-electron chi connectivity index (χ0n) is 12.5. The van der Waals surface area contributed by atoms with E-state index < -0.39 is 23.5 Å². The van der Waals surface area contributed by atoms with Gasteiger partial charge in [0.05, 0.1) is 5.56 Å². The average molecular weight is 336 g/mol. The Labute approximate surface area is 134 Å². The van der Waals surface area contributed by atoms with Crippen LogP contribution < -0.4 is 5.32 Å². The molecule has 0 aliphatic heterocycles. The molecule has 0 spiro atoms. The Kier molecular flexibility index (Phi) is 3.79. The van der Waals surface area contributed by atoms with Crippen molar-refractivity contribution in [3.63, 3.8) is 0 Å². The van der Waals surface area contributed by atoms with Crippen LogP contribution in [0.3, 0.4) is 0 Å². The average Bonchev–Trinajstić information content (AvgIpc) is 2.83. The lowest BCUT2D eigenvalue weighted by atomic mass is 10.1. The van der Waals surface area contributed by atoms with Crippen LogP contribution >= 0.6 is 0 Å². The Morgan fingerprint density at radius 1 is 1.12 bits per heavy atom. The van der Waals surface area contributed by atoms with E-state index in [0.29, 0.717) is 16.5 Å². The van der Waals surface area contributed by atoms with E-state index in [2.05, 4.69) is 10.3 Å². The number of nitrogens with one attached hydrogen (secondary N) is 2. The molecule has 24 heavy (non-hydrogen) atoms. The third kappa shape index (κ3) is 2.97. The molecule has 0 unspecified atom stereocenters. The molecule has 1 aromatic heterocycles. The first-order valence-corrected chi connectivity index (χ1v) is 7.02. The maximum Gasteiger partial charge on any atom is 0.416 e. The summed E-state index contributed by atoms with van der Waals surface area (Å²) in [7, 11) is 0. The molecule has 0 fully saturated rings. The highest BCUT2D eigenvalue weighted by molar-refractivity contribution is 6.07. The van der Waals surface area contributed by atoms with Gasteiger partial charge in [0.2, 0.25) is 0 Å². The highest BCUT2D eigenvalue weighted by Crippen LogP contribution is 2.31. The van der Waals surface area contributed by atoms with Gasteiger partial charge in [-0.15, -0.1) is 0 Å². The zero-order chi connectivity index (χ0) is 17.5. The van der Waals surface area contributed by atoms with Gasteiger partial charge in [0.25, 0.3) is 5.91 Å². The molecule has 0 atom stereocenters. The standard InChI is InChI=1S/C17H12F4N2O/c1-9-13-6-5-11(18)8-14(13)23-15(9)16(24)22-12-4-2-3-10(7-12)17(19,20)21/h2-8,23H,1H3,(H,22,24). The lowest BCUT2D eigenvalue weighted by molar-refractivity contribution is -0.137. The number of carbonyl (C=O) groups is 1. The molecule has 0 saturated heterocycles. The van der Waals surface area contributed by atoms with Crippen molar-refractivity contribution >= 4 is 22.5 Å². The minimum absolute atomic E-state index is 0.0269. The van der Waals surface area contributed by atoms with Crippen LogP contribution in [0.25, 0.3) is 10.9 Å². The smallest absolute Gasteiger partial charge is 0.350 e. The fourth-order valence-electron chi connectivity index (χ4n) is 2.50. The van der Waals surface area contributed by atoms with Crippen molar-refractivity contribution in [3.05, 3.63) is 65.1 Å². The number of rotatable bonds is 2. The van der Waals surface area contributed by atoms with Crippen molar-refractivity contribution in [2.75, 3.05) is 5.32 Å². The van der Waals surface area contributed by atoms with E-state index in [1.807, 2.05) is 0 Å². The highest BCUT2D eigenvalue weighted by Gasteiger charge is 2.30. The van der Waals surface area contributed by atoms with Gasteiger partial charge in [-0.1, -0.05) is 6.07 Å². The van der Waals surface area contributed by atoms with E-state index in [9.17, 15) is 22.4 Å². The molecule has 3 nitrogen and oxygen atoms in total. The second kappa shape index (κ2) is 5.67. The summed E-state index contributed by atoms with van der Waals surface area (Å²) < 4.78 is 51.4. The molecule has 0 aliphatic carbocycles. The molecule has 2 N–H and O–H groups in total. The van der Waals surface area contributed by atoms with Gasteiger partial charge < -0.3 is 10.3 Å². The predicted molar refractivity (Wildman–Crippen MR) is 82.4 cm³/mol. The number of amides is 1. The largest absolute Gasteiger partial charge is 0.416 e. The number of H-pyrrole nitrogens is 1. The Morgan fingerprint density at radius 3 is 2.58 bits per heavy atom.